The summed E-state index contributed by atoms with van der Waals surface area (Å²) in [6.07, 6.45) is 1.41. The molecule has 0 aliphatic carbocycles. The van der Waals surface area contributed by atoms with Crippen molar-refractivity contribution in [2.24, 2.45) is 5.10 Å². The van der Waals surface area contributed by atoms with Gasteiger partial charge in [-0.15, -0.1) is 0 Å². The van der Waals surface area contributed by atoms with E-state index in [2.05, 4.69) is 10.4 Å². The number of benzene rings is 2. The van der Waals surface area contributed by atoms with Gasteiger partial charge in [0.25, 0.3) is 0 Å². The summed E-state index contributed by atoms with van der Waals surface area (Å²) in [5.41, 5.74) is 1.88. The Bertz CT molecular complexity index is 1100. The fourth-order valence-electron chi connectivity index (χ4n) is 3.49. The van der Waals surface area contributed by atoms with Crippen molar-refractivity contribution in [1.29, 1.82) is 0 Å². The van der Waals surface area contributed by atoms with Crippen LogP contribution in [0.2, 0.25) is 0 Å². The Balaban J connectivity index is 1.72. The fourth-order valence-corrected chi connectivity index (χ4v) is 6.51. The molecule has 0 heterocycles. The van der Waals surface area contributed by atoms with Crippen LogP contribution in [0.25, 0.3) is 0 Å². The summed E-state index contributed by atoms with van der Waals surface area (Å²) in [6, 6.07) is 14.9. The van der Waals surface area contributed by atoms with Crippen LogP contribution in [0.4, 0.5) is 0 Å². The second kappa shape index (κ2) is 16.6. The molecule has 0 spiro atoms. The predicted molar refractivity (Wildman–Crippen MR) is 163 cm³/mol. The topological polar surface area (TPSA) is 188 Å². The number of methoxy groups -OCH3 is 1. The molecule has 0 bridgehead atoms. The molecule has 0 aromatic heterocycles. The normalized spacial score (nSPS) is 13.7. The summed E-state index contributed by atoms with van der Waals surface area (Å²) in [5, 5.41) is 7.15. The molecule has 1 amide bonds. The van der Waals surface area contributed by atoms with Gasteiger partial charge in [0.1, 0.15) is 11.5 Å². The van der Waals surface area contributed by atoms with Crippen LogP contribution in [0, 0.1) is 0 Å². The number of carbonyl (C=O) groups excluding carboxylic acids is 1. The van der Waals surface area contributed by atoms with Crippen molar-refractivity contribution in [3.05, 3.63) is 59.7 Å². The number of nitrogens with zero attached hydrogens (tertiary/aromatic N) is 3. The van der Waals surface area contributed by atoms with Crippen molar-refractivity contribution in [2.75, 3.05) is 39.8 Å². The number of rotatable bonds is 17. The van der Waals surface area contributed by atoms with Gasteiger partial charge in [-0.1, -0.05) is 0 Å². The van der Waals surface area contributed by atoms with Crippen LogP contribution >= 0.6 is 23.0 Å². The third-order valence-corrected chi connectivity index (χ3v) is 9.21. The van der Waals surface area contributed by atoms with E-state index in [0.717, 1.165) is 21.8 Å². The molecule has 0 saturated carbocycles. The zero-order valence-electron chi connectivity index (χ0n) is 22.3. The summed E-state index contributed by atoms with van der Waals surface area (Å²) in [6.45, 7) is 0.442. The van der Waals surface area contributed by atoms with Gasteiger partial charge in [-0.3, -0.25) is 0 Å². The zero-order chi connectivity index (χ0) is 29.8. The van der Waals surface area contributed by atoms with E-state index in [4.69, 9.17) is 21.1 Å². The van der Waals surface area contributed by atoms with E-state index >= 15 is 0 Å². The van der Waals surface area contributed by atoms with Gasteiger partial charge in [-0.2, -0.15) is 5.10 Å². The monoisotopic (exact) mass is 640 g/mol. The maximum absolute atomic E-state index is 12.1. The molecule has 2 rings (SSSR count). The van der Waals surface area contributed by atoms with Crippen molar-refractivity contribution >= 4 is 46.9 Å². The van der Waals surface area contributed by atoms with Crippen LogP contribution in [0.3, 0.4) is 0 Å². The standard InChI is InChI=1S/C23H39N4O9P3S/c1-26(25-16-20-7-9-21(35-2)10-8-20)37(40)36-22-11-5-19(6-12-22)13-14-24-23(28)4-3-15-27(17-38(29,30)31)18-39(32,33)34/h5-12,16,29-34,37-39H,3-4,13-15,17-18H2,1-2H3,(H,24,28). The van der Waals surface area contributed by atoms with E-state index < -0.39 is 35.5 Å². The van der Waals surface area contributed by atoms with Gasteiger partial charge < -0.3 is 9.26 Å². The van der Waals surface area contributed by atoms with E-state index in [1.165, 1.54) is 0 Å². The Labute approximate surface area is 240 Å². The Morgan fingerprint density at radius 1 is 1.00 bits per heavy atom. The summed E-state index contributed by atoms with van der Waals surface area (Å²) >= 11 is 5.48. The van der Waals surface area contributed by atoms with Crippen LogP contribution in [0.1, 0.15) is 24.0 Å². The first-order valence-electron chi connectivity index (χ1n) is 12.3. The molecule has 0 aliphatic heterocycles. The quantitative estimate of drug-likeness (QED) is 0.0744. The third kappa shape index (κ3) is 14.7. The number of hydrogen-bond acceptors (Lipinski definition) is 12. The number of carbonyl (C=O) groups is 1. The van der Waals surface area contributed by atoms with Gasteiger partial charge in [-0.05, 0) is 41.6 Å². The molecular formula is C23H39N4O9P3S. The van der Waals surface area contributed by atoms with Gasteiger partial charge in [0.05, 0.1) is 13.3 Å². The molecule has 2 aromatic carbocycles. The zero-order valence-corrected chi connectivity index (χ0v) is 26.1. The molecule has 0 radical (unpaired) electrons. The Hall–Kier alpha value is -1.79. The van der Waals surface area contributed by atoms with Crippen molar-refractivity contribution in [3.8, 4) is 11.5 Å². The van der Waals surface area contributed by atoms with Crippen molar-refractivity contribution in [3.63, 3.8) is 0 Å². The summed E-state index contributed by atoms with van der Waals surface area (Å²) < 4.78 is 12.6. The molecule has 40 heavy (non-hydrogen) atoms. The van der Waals surface area contributed by atoms with Crippen LogP contribution in [0.5, 0.6) is 11.5 Å². The van der Waals surface area contributed by atoms with E-state index in [9.17, 15) is 34.2 Å². The first-order chi connectivity index (χ1) is 18.7. The van der Waals surface area contributed by atoms with E-state index in [0.29, 0.717) is 18.7 Å². The maximum atomic E-state index is 12.1. The Kier molecular flexibility index (Phi) is 14.3. The molecule has 2 aromatic rings. The minimum absolute atomic E-state index is 0.0516. The van der Waals surface area contributed by atoms with Crippen molar-refractivity contribution < 1.29 is 43.4 Å². The molecule has 226 valence electrons. The molecule has 7 N–H and O–H groups in total. The third-order valence-electron chi connectivity index (χ3n) is 5.37. The van der Waals surface area contributed by atoms with Crippen LogP contribution in [-0.2, 0) is 23.0 Å². The van der Waals surface area contributed by atoms with Gasteiger partial charge in [0.15, 0.2) is 0 Å². The first-order valence-corrected chi connectivity index (χ1v) is 18.9. The molecule has 17 heteroatoms. The summed E-state index contributed by atoms with van der Waals surface area (Å²) in [7, 11) is -7.46. The molecule has 13 nitrogen and oxygen atoms in total. The van der Waals surface area contributed by atoms with E-state index in [1.54, 1.807) is 25.2 Å². The van der Waals surface area contributed by atoms with Gasteiger partial charge in [-0.25, -0.2) is 4.78 Å². The van der Waals surface area contributed by atoms with E-state index in [1.807, 2.05) is 48.5 Å². The van der Waals surface area contributed by atoms with Crippen molar-refractivity contribution in [1.82, 2.24) is 15.0 Å². The molecule has 0 aliphatic rings. The molecule has 1 atom stereocenters. The summed E-state index contributed by atoms with van der Waals surface area (Å²) in [4.78, 5) is 68.8. The van der Waals surface area contributed by atoms with Crippen LogP contribution in [-0.4, -0.2) is 91.0 Å². The Morgan fingerprint density at radius 3 is 2.12 bits per heavy atom. The van der Waals surface area contributed by atoms with Gasteiger partial charge >= 0.3 is 141 Å². The number of ether oxygens (including phenoxy) is 1. The molecule has 0 fully saturated rings. The predicted octanol–water partition coefficient (Wildman–Crippen LogP) is 1.15. The van der Waals surface area contributed by atoms with Crippen LogP contribution < -0.4 is 14.6 Å². The summed E-state index contributed by atoms with van der Waals surface area (Å²) in [5.74, 6) is 1.15. The molecule has 1 unspecified atom stereocenters. The fraction of sp³-hybridized carbons (Fsp3) is 0.391. The number of hydrogen-bond donors (Lipinski definition) is 7. The van der Waals surface area contributed by atoms with E-state index in [-0.39, 0.29) is 25.3 Å². The average molecular weight is 641 g/mol. The Morgan fingerprint density at radius 2 is 1.57 bits per heavy atom. The molecular weight excluding hydrogens is 601 g/mol. The molecule has 0 saturated heterocycles. The number of hydrazone groups is 1. The van der Waals surface area contributed by atoms with Crippen LogP contribution in [0.15, 0.2) is 53.6 Å². The average Bonchev–Trinajstić information content (AvgIpc) is 2.86. The second-order valence-corrected chi connectivity index (χ2v) is 15.2. The number of nitrogens with one attached hydrogen (secondary N) is 1. The number of amides is 1. The minimum atomic E-state index is -4.51. The first kappa shape index (κ1) is 34.4. The SMILES string of the molecule is COc1ccc(C=NN(C)[PH](=S)Oc2ccc(CCNC(=O)CCCN(C[PH](O)(O)O)C[PH](O)(O)O)cc2)cc1. The second-order valence-electron chi connectivity index (χ2n) is 9.02. The van der Waals surface area contributed by atoms with Crippen molar-refractivity contribution in [2.45, 2.75) is 19.3 Å². The van der Waals surface area contributed by atoms with Gasteiger partial charge in [0.2, 0.25) is 7.07 Å². The van der Waals surface area contributed by atoms with Gasteiger partial charge in [0, 0.05) is 7.05 Å². The minimum Gasteiger partial charge on any atom is -0.0497 e. The smallest absolute Gasteiger partial charge is 0.0497 e.